The number of carbonyl (C=O) groups is 4. The highest BCUT2D eigenvalue weighted by Gasteiger charge is 2.31. The Morgan fingerprint density at radius 1 is 0.452 bits per heavy atom. The van der Waals surface area contributed by atoms with Crippen LogP contribution in [-0.2, 0) is 49.6 Å². The molecule has 18 rings (SSSR count). The van der Waals surface area contributed by atoms with E-state index in [0.29, 0.717) is 182 Å². The molecular formula is C89H94F4N28O5. The van der Waals surface area contributed by atoms with Gasteiger partial charge in [0.15, 0.2) is 22.6 Å². The first-order chi connectivity index (χ1) is 60.9. The van der Waals surface area contributed by atoms with Crippen molar-refractivity contribution in [1.29, 1.82) is 0 Å². The Balaban J connectivity index is 0.000000130. The number of fused-ring (bicyclic) bond motifs is 4. The minimum absolute atomic E-state index is 0.0712. The summed E-state index contributed by atoms with van der Waals surface area (Å²) in [7, 11) is 5.34. The molecule has 126 heavy (non-hydrogen) atoms. The third-order valence-electron chi connectivity index (χ3n) is 20.9. The second-order valence-corrected chi connectivity index (χ2v) is 31.1. The van der Waals surface area contributed by atoms with Crippen LogP contribution < -0.4 is 63.4 Å². The van der Waals surface area contributed by atoms with E-state index in [2.05, 4.69) is 147 Å². The number of allylic oxidation sites excluding steroid dienone is 4. The molecule has 0 spiro atoms. The maximum atomic E-state index is 13.5. The SMILES string of the molecule is C=C1C/C(=C\c2cnn3c(NCCc4cccc(F)c4)nc(N[C@H](C)C4CC4)nc23)C(=O)N1.C=C1NC(=O)C/C1=C\c1cnn2c(NCCc3cccc(F)c3)nc(N(C)C)nc12.C=C1NC(=O)C/C1=C\c1cnn2c(NCCc3cccc(F)c3)nc(NC3CC3)nc12.C=C1NC(=O)C/C1=C\c1cnn2c(NCCc3cccc(F)c3)nc(NCCOC)nc12. The van der Waals surface area contributed by atoms with Crippen LogP contribution in [0.25, 0.3) is 46.9 Å². The molecule has 4 aliphatic heterocycles. The highest BCUT2D eigenvalue weighted by Crippen LogP contribution is 2.35. The molecule has 648 valence electrons. The van der Waals surface area contributed by atoms with E-state index in [1.54, 1.807) is 85.2 Å². The van der Waals surface area contributed by atoms with E-state index in [1.165, 1.54) is 61.4 Å². The number of aromatic nitrogens is 16. The summed E-state index contributed by atoms with van der Waals surface area (Å²) in [4.78, 5) is 85.7. The van der Waals surface area contributed by atoms with Gasteiger partial charge in [0.1, 0.15) is 23.3 Å². The minimum atomic E-state index is -0.261. The van der Waals surface area contributed by atoms with Gasteiger partial charge < -0.3 is 68.1 Å². The summed E-state index contributed by atoms with van der Waals surface area (Å²) in [5, 5.41) is 51.6. The molecule has 0 bridgehead atoms. The molecule has 0 radical (unpaired) electrons. The van der Waals surface area contributed by atoms with Crippen LogP contribution in [0.2, 0.25) is 0 Å². The van der Waals surface area contributed by atoms with Crippen molar-refractivity contribution in [2.75, 3.05) is 103 Å². The van der Waals surface area contributed by atoms with E-state index in [1.807, 2.05) is 56.6 Å². The van der Waals surface area contributed by atoms with Gasteiger partial charge in [-0.1, -0.05) is 74.8 Å². The van der Waals surface area contributed by atoms with Gasteiger partial charge in [0.25, 0.3) is 5.91 Å². The van der Waals surface area contributed by atoms with Crippen LogP contribution in [0.15, 0.2) is 193 Å². The fraction of sp³-hybridized carbons (Fsp3) is 0.281. The summed E-state index contributed by atoms with van der Waals surface area (Å²) >= 11 is 0. The quantitative estimate of drug-likeness (QED) is 0.0113. The maximum Gasteiger partial charge on any atom is 0.251 e. The number of carbonyl (C=O) groups excluding carboxylic acids is 4. The minimum Gasteiger partial charge on any atom is -0.383 e. The predicted molar refractivity (Wildman–Crippen MR) is 474 cm³/mol. The number of hydrogen-bond acceptors (Lipinski definition) is 25. The van der Waals surface area contributed by atoms with E-state index in [9.17, 15) is 36.7 Å². The zero-order chi connectivity index (χ0) is 88.1. The summed E-state index contributed by atoms with van der Waals surface area (Å²) < 4.78 is 65.3. The number of nitrogens with zero attached hydrogens (tertiary/aromatic N) is 17. The average molecular weight is 1710 g/mol. The molecule has 12 heterocycles. The fourth-order valence-electron chi connectivity index (χ4n) is 14.1. The first kappa shape index (κ1) is 85.9. The third-order valence-corrected chi connectivity index (χ3v) is 20.9. The molecule has 6 aliphatic rings. The molecule has 33 nitrogen and oxygen atoms in total. The summed E-state index contributed by atoms with van der Waals surface area (Å²) in [6.07, 6.45) is 22.6. The van der Waals surface area contributed by atoms with Crippen LogP contribution in [-0.4, -0.2) is 175 Å². The van der Waals surface area contributed by atoms with E-state index in [4.69, 9.17) is 9.72 Å². The summed E-state index contributed by atoms with van der Waals surface area (Å²) in [5.41, 5.74) is 14.5. The average Bonchev–Trinajstić information content (AvgIpc) is 1.64. The van der Waals surface area contributed by atoms with Gasteiger partial charge in [0.2, 0.25) is 65.3 Å². The van der Waals surface area contributed by atoms with Crippen molar-refractivity contribution in [2.24, 2.45) is 5.92 Å². The van der Waals surface area contributed by atoms with E-state index in [-0.39, 0.29) is 72.2 Å². The zero-order valence-electron chi connectivity index (χ0n) is 69.8. The van der Waals surface area contributed by atoms with Gasteiger partial charge in [0, 0.05) is 123 Å². The van der Waals surface area contributed by atoms with Gasteiger partial charge in [-0.15, -0.1) is 0 Å². The molecule has 1 atom stereocenters. The Hall–Kier alpha value is -15.0. The number of methoxy groups -OCH3 is 1. The number of rotatable bonds is 30. The first-order valence-electron chi connectivity index (χ1n) is 41.1. The van der Waals surface area contributed by atoms with Crippen LogP contribution in [0.5, 0.6) is 0 Å². The van der Waals surface area contributed by atoms with Crippen LogP contribution in [0, 0.1) is 29.2 Å². The Labute approximate surface area is 721 Å². The summed E-state index contributed by atoms with van der Waals surface area (Å²) in [6, 6.07) is 26.8. The number of hydrogen-bond donors (Lipinski definition) is 11. The van der Waals surface area contributed by atoms with Crippen LogP contribution in [0.1, 0.15) is 103 Å². The second kappa shape index (κ2) is 39.0. The van der Waals surface area contributed by atoms with Gasteiger partial charge in [-0.05, 0) is 176 Å². The topological polar surface area (TPSA) is 385 Å². The lowest BCUT2D eigenvalue weighted by molar-refractivity contribution is -0.119. The number of anilines is 8. The van der Waals surface area contributed by atoms with Crippen molar-refractivity contribution < 1.29 is 41.5 Å². The molecule has 6 fully saturated rings. The first-order valence-corrected chi connectivity index (χ1v) is 41.1. The number of benzene rings is 4. The van der Waals surface area contributed by atoms with Crippen molar-refractivity contribution in [1.82, 2.24) is 99.6 Å². The monoisotopic (exact) mass is 1710 g/mol. The third kappa shape index (κ3) is 22.1. The zero-order valence-corrected chi connectivity index (χ0v) is 69.8. The second-order valence-electron chi connectivity index (χ2n) is 31.1. The van der Waals surface area contributed by atoms with E-state index < -0.39 is 0 Å². The molecule has 4 saturated heterocycles. The van der Waals surface area contributed by atoms with Gasteiger partial charge in [-0.3, -0.25) is 19.2 Å². The standard InChI is InChI=1S/C24H26FN7O.C22H24FN7O2.C22H22FN7O.C21H22FN7O/c1-14-10-18(22(33)28-14)12-19-13-27-32-21(19)30-23(29-15(2)17-6-7-17)31-24(32)26-9-8-16-4-3-5-20(25)11-16;1-14-16(12-19(31)27-14)11-17-13-26-30-20(17)28-21(24-8-9-32-2)29-22(30)25-7-6-15-4-3-5-18(23)10-15;1-13-15(11-19(31)26-13)10-16-12-25-30-20(16)28-21(27-18-5-6-18)29-22(30)24-8-7-14-3-2-4-17(23)9-14;1-13-15(11-18(30)25-13)10-16-12-24-29-19(16)26-21(28(2)3)27-20(29)23-8-7-14-5-4-6-17(22)9-14/h3-5,11-13,15,17H,1,6-10H2,2H3,(H,28,33)(H2,26,29,30,31);3-5,10-11,13H,1,6-9,12H2,2H3,(H,27,31)(H2,24,25,28,29);2-4,9-10,12,18H,1,5-8,11H2,(H,26,31)(H2,24,27,28,29);4-6,9-10,12H,1,7-8,11H2,2-3H3,(H,25,30)(H,23,26,27)/b18-12+;16-11+;2*15-10+/t15-;;;/m1.../s1. The fourth-order valence-corrected chi connectivity index (χ4v) is 14.1. The molecular weight excluding hydrogens is 1620 g/mol. The van der Waals surface area contributed by atoms with Crippen molar-refractivity contribution in [3.63, 3.8) is 0 Å². The summed E-state index contributed by atoms with van der Waals surface area (Å²) in [5.74, 6) is 3.33. The lowest BCUT2D eigenvalue weighted by Gasteiger charge is -2.15. The van der Waals surface area contributed by atoms with E-state index in [0.717, 1.165) is 74.1 Å². The highest BCUT2D eigenvalue weighted by molar-refractivity contribution is 6.02. The lowest BCUT2D eigenvalue weighted by Crippen LogP contribution is -2.21. The number of amides is 4. The van der Waals surface area contributed by atoms with Crippen LogP contribution in [0.4, 0.5) is 65.1 Å². The number of halogens is 4. The predicted octanol–water partition coefficient (Wildman–Crippen LogP) is 11.2. The molecule has 37 heteroatoms. The Morgan fingerprint density at radius 3 is 1.17 bits per heavy atom. The maximum absolute atomic E-state index is 13.5. The van der Waals surface area contributed by atoms with Gasteiger partial charge in [-0.2, -0.15) is 78.3 Å². The smallest absolute Gasteiger partial charge is 0.251 e. The molecule has 11 N–H and O–H groups in total. The molecule has 4 amide bonds. The molecule has 4 aromatic carbocycles. The molecule has 8 aromatic heterocycles. The van der Waals surface area contributed by atoms with E-state index >= 15 is 0 Å². The molecule has 12 aromatic rings. The summed E-state index contributed by atoms with van der Waals surface area (Å²) in [6.45, 7) is 20.8. The van der Waals surface area contributed by atoms with Gasteiger partial charge in [0.05, 0.1) is 50.7 Å². The van der Waals surface area contributed by atoms with Crippen molar-refractivity contribution in [3.05, 3.63) is 261 Å². The molecule has 0 unspecified atom stereocenters. The van der Waals surface area contributed by atoms with Crippen LogP contribution >= 0.6 is 0 Å². The molecule has 2 saturated carbocycles. The normalized spacial score (nSPS) is 16.4. The molecule has 2 aliphatic carbocycles. The Morgan fingerprint density at radius 2 is 0.817 bits per heavy atom. The lowest BCUT2D eigenvalue weighted by atomic mass is 10.1. The van der Waals surface area contributed by atoms with Crippen molar-refractivity contribution in [3.8, 4) is 0 Å². The van der Waals surface area contributed by atoms with Crippen LogP contribution in [0.3, 0.4) is 0 Å². The van der Waals surface area contributed by atoms with Gasteiger partial charge in [-0.25, -0.2) is 17.6 Å². The Kier molecular flexibility index (Phi) is 26.6. The number of ether oxygens (including phenoxy) is 1. The van der Waals surface area contributed by atoms with Crippen molar-refractivity contribution in [2.45, 2.75) is 96.1 Å². The highest BCUT2D eigenvalue weighted by atomic mass is 19.1. The van der Waals surface area contributed by atoms with Gasteiger partial charge >= 0.3 is 0 Å². The van der Waals surface area contributed by atoms with Crippen molar-refractivity contribution >= 4 is 118 Å². The Bertz CT molecular complexity index is 6330. The largest absolute Gasteiger partial charge is 0.383 e. The number of nitrogens with one attached hydrogen (secondary N) is 11.